The van der Waals surface area contributed by atoms with Crippen LogP contribution in [0.15, 0.2) is 29.3 Å². The van der Waals surface area contributed by atoms with Gasteiger partial charge < -0.3 is 19.9 Å². The minimum atomic E-state index is 0. The van der Waals surface area contributed by atoms with Gasteiger partial charge in [0.15, 0.2) is 5.96 Å². The SMILES string of the molecule is CCNC(=NCc1cccc(CN(C)C)c1)N(C)CC1CCOC1.I. The van der Waals surface area contributed by atoms with Gasteiger partial charge in [-0.3, -0.25) is 0 Å². The predicted molar refractivity (Wildman–Crippen MR) is 116 cm³/mol. The number of aliphatic imine (C=N–C) groups is 1. The third-order valence-electron chi connectivity index (χ3n) is 4.15. The van der Waals surface area contributed by atoms with Gasteiger partial charge in [0.1, 0.15) is 0 Å². The van der Waals surface area contributed by atoms with Crippen LogP contribution < -0.4 is 5.32 Å². The molecule has 0 aliphatic carbocycles. The van der Waals surface area contributed by atoms with Crippen LogP contribution in [0.3, 0.4) is 0 Å². The molecule has 1 atom stereocenters. The standard InChI is InChI=1S/C19H32N4O.HI/c1-5-20-19(23(4)14-18-9-10-24-15-18)21-12-16-7-6-8-17(11-16)13-22(2)3;/h6-8,11,18H,5,9-10,12-15H2,1-4H3,(H,20,21);1H. The monoisotopic (exact) mass is 460 g/mol. The number of nitrogens with zero attached hydrogens (tertiary/aromatic N) is 3. The smallest absolute Gasteiger partial charge is 0.193 e. The van der Waals surface area contributed by atoms with E-state index in [1.807, 2.05) is 0 Å². The second-order valence-electron chi connectivity index (χ2n) is 6.84. The summed E-state index contributed by atoms with van der Waals surface area (Å²) in [5.41, 5.74) is 2.58. The van der Waals surface area contributed by atoms with Crippen molar-refractivity contribution in [2.45, 2.75) is 26.4 Å². The molecule has 2 rings (SSSR count). The fourth-order valence-electron chi connectivity index (χ4n) is 3.03. The summed E-state index contributed by atoms with van der Waals surface area (Å²) in [5.74, 6) is 1.59. The summed E-state index contributed by atoms with van der Waals surface area (Å²) in [7, 11) is 6.30. The number of rotatable bonds is 7. The molecule has 1 fully saturated rings. The lowest BCUT2D eigenvalue weighted by atomic mass is 10.1. The van der Waals surface area contributed by atoms with Gasteiger partial charge in [-0.1, -0.05) is 24.3 Å². The Kier molecular flexibility index (Phi) is 10.4. The molecule has 1 aromatic carbocycles. The molecular weight excluding hydrogens is 427 g/mol. The van der Waals surface area contributed by atoms with Crippen LogP contribution >= 0.6 is 24.0 Å². The number of hydrogen-bond donors (Lipinski definition) is 1. The minimum absolute atomic E-state index is 0. The molecule has 1 aromatic rings. The molecule has 0 aromatic heterocycles. The van der Waals surface area contributed by atoms with E-state index in [0.29, 0.717) is 12.5 Å². The van der Waals surface area contributed by atoms with Gasteiger partial charge >= 0.3 is 0 Å². The Balaban J connectivity index is 0.00000312. The first-order chi connectivity index (χ1) is 11.6. The van der Waals surface area contributed by atoms with Gasteiger partial charge in [-0.15, -0.1) is 24.0 Å². The number of hydrogen-bond acceptors (Lipinski definition) is 3. The van der Waals surface area contributed by atoms with Gasteiger partial charge in [0.25, 0.3) is 0 Å². The lowest BCUT2D eigenvalue weighted by molar-refractivity contribution is 0.181. The molecule has 0 radical (unpaired) electrons. The van der Waals surface area contributed by atoms with Crippen LogP contribution in [0, 0.1) is 5.92 Å². The van der Waals surface area contributed by atoms with Crippen molar-refractivity contribution in [2.75, 3.05) is 47.4 Å². The Morgan fingerprint density at radius 1 is 1.28 bits per heavy atom. The molecule has 1 heterocycles. The molecule has 5 nitrogen and oxygen atoms in total. The van der Waals surface area contributed by atoms with E-state index >= 15 is 0 Å². The predicted octanol–water partition coefficient (Wildman–Crippen LogP) is 2.80. The molecule has 0 amide bonds. The first-order valence-electron chi connectivity index (χ1n) is 8.88. The summed E-state index contributed by atoms with van der Waals surface area (Å²) >= 11 is 0. The molecule has 1 aliphatic rings. The maximum absolute atomic E-state index is 5.48. The lowest BCUT2D eigenvalue weighted by Gasteiger charge is -2.24. The summed E-state index contributed by atoms with van der Waals surface area (Å²) in [4.78, 5) is 9.24. The van der Waals surface area contributed by atoms with Crippen molar-refractivity contribution in [3.8, 4) is 0 Å². The number of guanidine groups is 1. The van der Waals surface area contributed by atoms with Gasteiger partial charge in [-0.2, -0.15) is 0 Å². The van der Waals surface area contributed by atoms with Gasteiger partial charge in [0.2, 0.25) is 0 Å². The number of halogens is 1. The molecular formula is C19H33IN4O. The van der Waals surface area contributed by atoms with Gasteiger partial charge in [0.05, 0.1) is 13.2 Å². The highest BCUT2D eigenvalue weighted by molar-refractivity contribution is 14.0. The molecule has 1 N–H and O–H groups in total. The summed E-state index contributed by atoms with van der Waals surface area (Å²) in [6.45, 7) is 7.41. The van der Waals surface area contributed by atoms with Gasteiger partial charge in [-0.05, 0) is 38.6 Å². The summed E-state index contributed by atoms with van der Waals surface area (Å²) in [5, 5.41) is 3.40. The number of nitrogens with one attached hydrogen (secondary N) is 1. The van der Waals surface area contributed by atoms with Crippen molar-refractivity contribution in [2.24, 2.45) is 10.9 Å². The normalized spacial score (nSPS) is 17.5. The van der Waals surface area contributed by atoms with E-state index in [1.54, 1.807) is 0 Å². The Bertz CT molecular complexity index is 530. The van der Waals surface area contributed by atoms with Gasteiger partial charge in [0, 0.05) is 39.2 Å². The van der Waals surface area contributed by atoms with E-state index in [1.165, 1.54) is 11.1 Å². The van der Waals surface area contributed by atoms with Crippen molar-refractivity contribution in [3.05, 3.63) is 35.4 Å². The van der Waals surface area contributed by atoms with E-state index in [0.717, 1.165) is 45.2 Å². The Morgan fingerprint density at radius 2 is 2.04 bits per heavy atom. The average Bonchev–Trinajstić information content (AvgIpc) is 3.04. The number of ether oxygens (including phenoxy) is 1. The van der Waals surface area contributed by atoms with Crippen LogP contribution in [0.25, 0.3) is 0 Å². The molecule has 0 spiro atoms. The maximum atomic E-state index is 5.48. The van der Waals surface area contributed by atoms with E-state index < -0.39 is 0 Å². The van der Waals surface area contributed by atoms with Crippen LogP contribution in [0.1, 0.15) is 24.5 Å². The van der Waals surface area contributed by atoms with Crippen LogP contribution in [-0.2, 0) is 17.8 Å². The summed E-state index contributed by atoms with van der Waals surface area (Å²) in [6.07, 6.45) is 1.15. The lowest BCUT2D eigenvalue weighted by Crippen LogP contribution is -2.41. The first-order valence-corrected chi connectivity index (χ1v) is 8.88. The highest BCUT2D eigenvalue weighted by atomic mass is 127. The van der Waals surface area contributed by atoms with Crippen molar-refractivity contribution in [1.82, 2.24) is 15.1 Å². The summed E-state index contributed by atoms with van der Waals surface area (Å²) < 4.78 is 5.48. The van der Waals surface area contributed by atoms with Crippen LogP contribution in [0.4, 0.5) is 0 Å². The Morgan fingerprint density at radius 3 is 2.68 bits per heavy atom. The second kappa shape index (κ2) is 11.7. The average molecular weight is 460 g/mol. The second-order valence-corrected chi connectivity index (χ2v) is 6.84. The molecule has 25 heavy (non-hydrogen) atoms. The molecule has 1 unspecified atom stereocenters. The minimum Gasteiger partial charge on any atom is -0.381 e. The Labute approximate surface area is 169 Å². The zero-order valence-electron chi connectivity index (χ0n) is 16.0. The molecule has 1 saturated heterocycles. The molecule has 6 heteroatoms. The van der Waals surface area contributed by atoms with E-state index in [9.17, 15) is 0 Å². The van der Waals surface area contributed by atoms with Crippen LogP contribution in [0.5, 0.6) is 0 Å². The van der Waals surface area contributed by atoms with E-state index in [2.05, 4.69) is 67.4 Å². The van der Waals surface area contributed by atoms with Crippen LogP contribution in [0.2, 0.25) is 0 Å². The topological polar surface area (TPSA) is 40.1 Å². The van der Waals surface area contributed by atoms with Gasteiger partial charge in [-0.25, -0.2) is 4.99 Å². The molecule has 0 saturated carbocycles. The quantitative estimate of drug-likeness (QED) is 0.386. The fourth-order valence-corrected chi connectivity index (χ4v) is 3.03. The van der Waals surface area contributed by atoms with E-state index in [-0.39, 0.29) is 24.0 Å². The highest BCUT2D eigenvalue weighted by Crippen LogP contribution is 2.13. The molecule has 142 valence electrons. The maximum Gasteiger partial charge on any atom is 0.193 e. The fraction of sp³-hybridized carbons (Fsp3) is 0.632. The van der Waals surface area contributed by atoms with Crippen molar-refractivity contribution in [1.29, 1.82) is 0 Å². The largest absolute Gasteiger partial charge is 0.381 e. The first kappa shape index (κ1) is 22.2. The van der Waals surface area contributed by atoms with Crippen molar-refractivity contribution in [3.63, 3.8) is 0 Å². The third-order valence-corrected chi connectivity index (χ3v) is 4.15. The molecule has 1 aliphatic heterocycles. The van der Waals surface area contributed by atoms with Crippen LogP contribution in [-0.4, -0.2) is 63.2 Å². The molecule has 0 bridgehead atoms. The zero-order valence-corrected chi connectivity index (χ0v) is 18.3. The van der Waals surface area contributed by atoms with Crippen molar-refractivity contribution < 1.29 is 4.74 Å². The van der Waals surface area contributed by atoms with Crippen molar-refractivity contribution >= 4 is 29.9 Å². The Hall–Kier alpha value is -0.860. The highest BCUT2D eigenvalue weighted by Gasteiger charge is 2.19. The third kappa shape index (κ3) is 7.92. The zero-order chi connectivity index (χ0) is 17.4. The summed E-state index contributed by atoms with van der Waals surface area (Å²) in [6, 6.07) is 8.69. The number of benzene rings is 1. The van der Waals surface area contributed by atoms with E-state index in [4.69, 9.17) is 9.73 Å².